The molecule has 2 aromatic heterocycles. The van der Waals surface area contributed by atoms with Crippen LogP contribution in [-0.2, 0) is 0 Å². The number of furan rings is 2. The Morgan fingerprint density at radius 1 is 0.485 bits per heavy atom. The molecular weight excluding hydrogens is 428 g/mol. The molecule has 0 aliphatic heterocycles. The van der Waals surface area contributed by atoms with Crippen molar-refractivity contribution < 1.29 is 32.1 Å². The van der Waals surface area contributed by atoms with Gasteiger partial charge in [-0.15, -0.1) is 0 Å². The maximum atomic E-state index is 9.02. The lowest BCUT2D eigenvalue weighted by molar-refractivity contribution is 0.669. The van der Waals surface area contributed by atoms with Crippen LogP contribution in [0.4, 0.5) is 0 Å². The summed E-state index contributed by atoms with van der Waals surface area (Å²) in [6.45, 7) is 0. The maximum absolute atomic E-state index is 9.02. The minimum absolute atomic E-state index is 0.255. The molecule has 0 bridgehead atoms. The molecule has 2 heterocycles. The Morgan fingerprint density at radius 2 is 1.03 bits per heavy atom. The minimum Gasteiger partial charge on any atom is -0.455 e. The molecule has 0 saturated heterocycles. The highest BCUT2D eigenvalue weighted by Gasteiger charge is 2.19. The molecule has 0 spiro atoms. The van der Waals surface area contributed by atoms with Gasteiger partial charge in [0, 0.05) is 32.7 Å². The molecule has 0 aliphatic rings. The van der Waals surface area contributed by atoms with Crippen molar-refractivity contribution in [1.29, 1.82) is 0 Å². The molecule has 0 aliphatic carbocycles. The van der Waals surface area contributed by atoms with Gasteiger partial charge < -0.3 is 8.83 Å². The molecule has 0 radical (unpaired) electrons. The van der Waals surface area contributed by atoms with E-state index < -0.39 is 152 Å². The number of halogens is 1. The van der Waals surface area contributed by atoms with Crippen molar-refractivity contribution in [2.45, 2.75) is 0 Å². The second kappa shape index (κ2) is 6.99. The molecule has 0 amide bonds. The monoisotopic (exact) mass is 461 g/mol. The van der Waals surface area contributed by atoms with Crippen molar-refractivity contribution in [3.05, 3.63) is 108 Å². The first-order valence-corrected chi connectivity index (χ1v) is 9.88. The third-order valence-electron chi connectivity index (χ3n) is 5.20. The zero-order chi connectivity index (χ0) is 36.7. The first kappa shape index (κ1) is 8.40. The van der Waals surface area contributed by atoms with E-state index in [4.69, 9.17) is 43.7 Å². The van der Waals surface area contributed by atoms with Gasteiger partial charge in [0.15, 0.2) is 0 Å². The van der Waals surface area contributed by atoms with E-state index in [1.54, 1.807) is 0 Å². The van der Waals surface area contributed by atoms with E-state index in [0.717, 1.165) is 0 Å². The van der Waals surface area contributed by atoms with Crippen LogP contribution in [-0.4, -0.2) is 0 Å². The summed E-state index contributed by atoms with van der Waals surface area (Å²) in [7, 11) is 0. The summed E-state index contributed by atoms with van der Waals surface area (Å²) in [6.07, 6.45) is 0. The number of benzene rings is 5. The van der Waals surface area contributed by atoms with Crippen molar-refractivity contribution >= 4 is 55.5 Å². The van der Waals surface area contributed by atoms with E-state index in [1.165, 1.54) is 0 Å². The minimum atomic E-state index is -0.838. The fourth-order valence-electron chi connectivity index (χ4n) is 3.81. The molecule has 156 valence electrons. The lowest BCUT2D eigenvalue weighted by Crippen LogP contribution is -1.87. The molecule has 5 aromatic carbocycles. The van der Waals surface area contributed by atoms with Gasteiger partial charge in [0.05, 0.1) is 28.3 Å². The van der Waals surface area contributed by atoms with Crippen molar-refractivity contribution in [1.82, 2.24) is 0 Å². The van der Waals surface area contributed by atoms with Gasteiger partial charge in [-0.25, -0.2) is 0 Å². The summed E-state index contributed by atoms with van der Waals surface area (Å²) >= 11 is 6.53. The Kier molecular flexibility index (Phi) is 1.78. The molecule has 7 rings (SSSR count). The second-order valence-corrected chi connectivity index (χ2v) is 7.34. The summed E-state index contributed by atoms with van der Waals surface area (Å²) in [6, 6.07) is -12.2. The molecule has 0 N–H and O–H groups in total. The maximum Gasteiger partial charge on any atom is 0.144 e. The molecular formula is C30H17ClO2. The predicted octanol–water partition coefficient (Wildman–Crippen LogP) is 9.47. The van der Waals surface area contributed by atoms with Crippen LogP contribution in [0.15, 0.2) is 112 Å². The van der Waals surface area contributed by atoms with E-state index in [-0.39, 0.29) is 21.5 Å². The van der Waals surface area contributed by atoms with E-state index in [1.807, 2.05) is 0 Å². The van der Waals surface area contributed by atoms with Gasteiger partial charge in [-0.1, -0.05) is 90.2 Å². The summed E-state index contributed by atoms with van der Waals surface area (Å²) in [5, 5.41) is -1.62. The van der Waals surface area contributed by atoms with Crippen LogP contribution in [0.2, 0.25) is 5.02 Å². The van der Waals surface area contributed by atoms with Crippen LogP contribution >= 0.6 is 11.6 Å². The Bertz CT molecular complexity index is 2560. The van der Waals surface area contributed by atoms with Crippen LogP contribution < -0.4 is 0 Å². The SMILES string of the molecule is [2H]c1c([2H])c([2H])c(-c2c([2H])c([2H])c(Cl)c3c2oc2c([2H])c([2H])c([2H])c([2H])c23)c(-c2c([2H])c([2H])c([2H])c3c2oc2c([2H])c([2H])c([2H])c([2H])c23)c1[2H]. The van der Waals surface area contributed by atoms with E-state index in [0.29, 0.717) is 0 Å². The van der Waals surface area contributed by atoms with Gasteiger partial charge in [-0.2, -0.15) is 0 Å². The van der Waals surface area contributed by atoms with Gasteiger partial charge in [0.2, 0.25) is 0 Å². The second-order valence-electron chi connectivity index (χ2n) is 6.96. The third-order valence-corrected chi connectivity index (χ3v) is 5.49. The lowest BCUT2D eigenvalue weighted by Gasteiger charge is -2.11. The first-order valence-electron chi connectivity index (χ1n) is 18.0. The Morgan fingerprint density at radius 3 is 1.82 bits per heavy atom. The molecule has 0 saturated carbocycles. The van der Waals surface area contributed by atoms with Gasteiger partial charge in [0.25, 0.3) is 0 Å². The zero-order valence-electron chi connectivity index (χ0n) is 33.2. The fraction of sp³-hybridized carbons (Fsp3) is 0. The fourth-order valence-corrected chi connectivity index (χ4v) is 4.04. The van der Waals surface area contributed by atoms with Crippen LogP contribution in [0.5, 0.6) is 0 Å². The molecule has 0 fully saturated rings. The van der Waals surface area contributed by atoms with Crippen molar-refractivity contribution in [3.63, 3.8) is 0 Å². The summed E-state index contributed by atoms with van der Waals surface area (Å²) < 4.78 is 157. The van der Waals surface area contributed by atoms with Crippen LogP contribution in [0.1, 0.15) is 23.3 Å². The number of hydrogen-bond donors (Lipinski definition) is 0. The van der Waals surface area contributed by atoms with Crippen molar-refractivity contribution in [2.75, 3.05) is 0 Å². The number of para-hydroxylation sites is 3. The zero-order valence-corrected chi connectivity index (χ0v) is 17.0. The highest BCUT2D eigenvalue weighted by molar-refractivity contribution is 6.38. The summed E-state index contributed by atoms with van der Waals surface area (Å²) in [4.78, 5) is 0. The average molecular weight is 462 g/mol. The van der Waals surface area contributed by atoms with E-state index >= 15 is 0 Å². The standard InChI is InChI=1S/C30H17ClO2/c31-25-17-16-23(30-28(25)24-11-4-6-15-27(24)33-30)19-9-2-1-8-18(19)21-12-7-13-22-20-10-3-5-14-26(20)32-29(21)22/h1-17H/i1D,2D,3D,4D,5D,6D,7D,8D,9D,10D,11D,12D,13D,14D,15D,16D,17D. The van der Waals surface area contributed by atoms with Crippen molar-refractivity contribution in [2.24, 2.45) is 0 Å². The molecule has 0 unspecified atom stereocenters. The van der Waals surface area contributed by atoms with Crippen LogP contribution in [0, 0.1) is 0 Å². The molecule has 7 aromatic rings. The molecule has 0 atom stereocenters. The van der Waals surface area contributed by atoms with Gasteiger partial charge in [0.1, 0.15) is 22.3 Å². The average Bonchev–Trinajstić information content (AvgIpc) is 3.69. The van der Waals surface area contributed by atoms with Gasteiger partial charge in [-0.3, -0.25) is 0 Å². The Balaban J connectivity index is 1.79. The third kappa shape index (κ3) is 2.68. The predicted molar refractivity (Wildman–Crippen MR) is 137 cm³/mol. The highest BCUT2D eigenvalue weighted by Crippen LogP contribution is 2.44. The normalized spacial score (nSPS) is 19.0. The van der Waals surface area contributed by atoms with Crippen molar-refractivity contribution in [3.8, 4) is 22.3 Å². The Hall–Kier alpha value is -4.01. The number of hydrogen-bond acceptors (Lipinski definition) is 2. The van der Waals surface area contributed by atoms with Crippen LogP contribution in [0.3, 0.4) is 0 Å². The lowest BCUT2D eigenvalue weighted by atomic mass is 9.92. The quantitative estimate of drug-likeness (QED) is 0.256. The Labute approximate surface area is 218 Å². The first-order chi connectivity index (χ1) is 23.4. The summed E-state index contributed by atoms with van der Waals surface area (Å²) in [5.41, 5.74) is -4.00. The topological polar surface area (TPSA) is 26.3 Å². The van der Waals surface area contributed by atoms with Gasteiger partial charge in [-0.05, 0) is 35.3 Å². The molecule has 3 heteroatoms. The largest absolute Gasteiger partial charge is 0.455 e. The smallest absolute Gasteiger partial charge is 0.144 e. The highest BCUT2D eigenvalue weighted by atomic mass is 35.5. The summed E-state index contributed by atoms with van der Waals surface area (Å²) in [5.74, 6) is 0. The van der Waals surface area contributed by atoms with E-state index in [2.05, 4.69) is 0 Å². The van der Waals surface area contributed by atoms with Gasteiger partial charge >= 0.3 is 0 Å². The van der Waals surface area contributed by atoms with Crippen LogP contribution in [0.25, 0.3) is 66.1 Å². The number of fused-ring (bicyclic) bond motifs is 6. The molecule has 33 heavy (non-hydrogen) atoms. The number of rotatable bonds is 2. The molecule has 2 nitrogen and oxygen atoms in total. The van der Waals surface area contributed by atoms with E-state index in [9.17, 15) is 0 Å².